The Labute approximate surface area is 99.9 Å². The first kappa shape index (κ1) is 13.1. The smallest absolute Gasteiger partial charge is 0.307 e. The molecule has 0 aromatic carbocycles. The van der Waals surface area contributed by atoms with Gasteiger partial charge < -0.3 is 5.11 Å². The number of carbonyl (C=O) groups is 1. The van der Waals surface area contributed by atoms with E-state index in [1.165, 1.54) is 0 Å². The van der Waals surface area contributed by atoms with Crippen molar-refractivity contribution in [3.05, 3.63) is 16.6 Å². The zero-order valence-electron chi connectivity index (χ0n) is 9.88. The highest BCUT2D eigenvalue weighted by Crippen LogP contribution is 2.22. The van der Waals surface area contributed by atoms with Gasteiger partial charge in [-0.3, -0.25) is 9.69 Å². The second-order valence-electron chi connectivity index (χ2n) is 3.87. The van der Waals surface area contributed by atoms with E-state index in [0.29, 0.717) is 6.54 Å². The number of thiazole rings is 1. The molecule has 1 N–H and O–H groups in total. The molecule has 0 fully saturated rings. The van der Waals surface area contributed by atoms with E-state index in [0.717, 1.165) is 11.6 Å². The third kappa shape index (κ3) is 3.28. The normalized spacial score (nSPS) is 15.0. The molecule has 0 aliphatic carbocycles. The van der Waals surface area contributed by atoms with Crippen LogP contribution in [0.2, 0.25) is 0 Å². The number of rotatable bonds is 6. The maximum atomic E-state index is 10.8. The highest BCUT2D eigenvalue weighted by Gasteiger charge is 2.21. The molecule has 0 aliphatic heterocycles. The molecule has 5 heteroatoms. The van der Waals surface area contributed by atoms with Gasteiger partial charge in [0.2, 0.25) is 0 Å². The maximum absolute atomic E-state index is 10.8. The first-order chi connectivity index (χ1) is 7.56. The van der Waals surface area contributed by atoms with E-state index in [9.17, 15) is 4.79 Å². The standard InChI is InChI=1S/C11H18N2O2S/c1-4-13(7-8(2)11(14)15)9(3)10-12-5-6-16-10/h5-6,8-9H,4,7H2,1-3H3,(H,14,15). The van der Waals surface area contributed by atoms with Gasteiger partial charge in [0.15, 0.2) is 0 Å². The quantitative estimate of drug-likeness (QED) is 0.831. The minimum atomic E-state index is -0.746. The van der Waals surface area contributed by atoms with Crippen molar-refractivity contribution in [1.29, 1.82) is 0 Å². The van der Waals surface area contributed by atoms with E-state index in [1.54, 1.807) is 24.5 Å². The summed E-state index contributed by atoms with van der Waals surface area (Å²) in [6, 6.07) is 0.187. The van der Waals surface area contributed by atoms with Crippen molar-refractivity contribution < 1.29 is 9.90 Å². The van der Waals surface area contributed by atoms with E-state index in [2.05, 4.69) is 16.8 Å². The molecule has 1 aromatic heterocycles. The van der Waals surface area contributed by atoms with Crippen LogP contribution in [0.3, 0.4) is 0 Å². The molecular formula is C11H18N2O2S. The third-order valence-corrected chi connectivity index (χ3v) is 3.64. The lowest BCUT2D eigenvalue weighted by molar-refractivity contribution is -0.141. The molecule has 0 radical (unpaired) electrons. The summed E-state index contributed by atoms with van der Waals surface area (Å²) >= 11 is 1.61. The molecule has 4 nitrogen and oxygen atoms in total. The molecule has 0 bridgehead atoms. The van der Waals surface area contributed by atoms with Crippen LogP contribution < -0.4 is 0 Å². The molecule has 0 saturated heterocycles. The predicted molar refractivity (Wildman–Crippen MR) is 64.6 cm³/mol. The van der Waals surface area contributed by atoms with Crippen LogP contribution in [0.15, 0.2) is 11.6 Å². The fourth-order valence-corrected chi connectivity index (χ4v) is 2.32. The minimum absolute atomic E-state index is 0.187. The third-order valence-electron chi connectivity index (χ3n) is 2.69. The molecule has 0 spiro atoms. The van der Waals surface area contributed by atoms with E-state index < -0.39 is 5.97 Å². The molecule has 2 atom stereocenters. The van der Waals surface area contributed by atoms with E-state index >= 15 is 0 Å². The number of aliphatic carboxylic acids is 1. The number of nitrogens with zero attached hydrogens (tertiary/aromatic N) is 2. The molecule has 1 heterocycles. The molecular weight excluding hydrogens is 224 g/mol. The lowest BCUT2D eigenvalue weighted by atomic mass is 10.1. The van der Waals surface area contributed by atoms with Crippen LogP contribution in [0.5, 0.6) is 0 Å². The Hall–Kier alpha value is -0.940. The summed E-state index contributed by atoms with van der Waals surface area (Å²) in [6.45, 7) is 7.24. The highest BCUT2D eigenvalue weighted by molar-refractivity contribution is 7.09. The fraction of sp³-hybridized carbons (Fsp3) is 0.636. The van der Waals surface area contributed by atoms with Gasteiger partial charge in [0.25, 0.3) is 0 Å². The van der Waals surface area contributed by atoms with Crippen LogP contribution >= 0.6 is 11.3 Å². The molecule has 2 unspecified atom stereocenters. The van der Waals surface area contributed by atoms with Gasteiger partial charge in [0.1, 0.15) is 5.01 Å². The first-order valence-electron chi connectivity index (χ1n) is 5.42. The van der Waals surface area contributed by atoms with Crippen LogP contribution in [0.25, 0.3) is 0 Å². The summed E-state index contributed by atoms with van der Waals surface area (Å²) in [7, 11) is 0. The lowest BCUT2D eigenvalue weighted by Gasteiger charge is -2.27. The van der Waals surface area contributed by atoms with Crippen molar-refractivity contribution in [3.8, 4) is 0 Å². The summed E-state index contributed by atoms with van der Waals surface area (Å²) in [5, 5.41) is 11.9. The van der Waals surface area contributed by atoms with Crippen molar-refractivity contribution in [2.75, 3.05) is 13.1 Å². The molecule has 16 heavy (non-hydrogen) atoms. The Morgan fingerprint density at radius 2 is 2.31 bits per heavy atom. The maximum Gasteiger partial charge on any atom is 0.307 e. The topological polar surface area (TPSA) is 53.4 Å². The number of hydrogen-bond donors (Lipinski definition) is 1. The number of hydrogen-bond acceptors (Lipinski definition) is 4. The zero-order chi connectivity index (χ0) is 12.1. The Balaban J connectivity index is 2.64. The Morgan fingerprint density at radius 3 is 2.75 bits per heavy atom. The van der Waals surface area contributed by atoms with Gasteiger partial charge in [-0.05, 0) is 13.5 Å². The minimum Gasteiger partial charge on any atom is -0.481 e. The number of aromatic nitrogens is 1. The molecule has 0 aliphatic rings. The zero-order valence-corrected chi connectivity index (χ0v) is 10.7. The van der Waals surface area contributed by atoms with Gasteiger partial charge in [-0.1, -0.05) is 13.8 Å². The van der Waals surface area contributed by atoms with Crippen LogP contribution in [-0.4, -0.2) is 34.0 Å². The number of carboxylic acids is 1. The van der Waals surface area contributed by atoms with Crippen molar-refractivity contribution in [2.45, 2.75) is 26.8 Å². The summed E-state index contributed by atoms with van der Waals surface area (Å²) in [6.07, 6.45) is 1.78. The number of carboxylic acid groups (broad SMARTS) is 1. The van der Waals surface area contributed by atoms with Crippen molar-refractivity contribution in [2.24, 2.45) is 5.92 Å². The summed E-state index contributed by atoms with van der Waals surface area (Å²) < 4.78 is 0. The molecule has 1 aromatic rings. The van der Waals surface area contributed by atoms with Gasteiger partial charge in [-0.25, -0.2) is 4.98 Å². The van der Waals surface area contributed by atoms with Crippen molar-refractivity contribution >= 4 is 17.3 Å². The SMILES string of the molecule is CCN(CC(C)C(=O)O)C(C)c1nccs1. The average molecular weight is 242 g/mol. The average Bonchev–Trinajstić information content (AvgIpc) is 2.77. The van der Waals surface area contributed by atoms with Crippen molar-refractivity contribution in [1.82, 2.24) is 9.88 Å². The Kier molecular flexibility index (Phi) is 4.89. The van der Waals surface area contributed by atoms with Gasteiger partial charge in [-0.2, -0.15) is 0 Å². The highest BCUT2D eigenvalue weighted by atomic mass is 32.1. The van der Waals surface area contributed by atoms with Crippen LogP contribution in [0.1, 0.15) is 31.8 Å². The molecule has 0 saturated carbocycles. The monoisotopic (exact) mass is 242 g/mol. The predicted octanol–water partition coefficient (Wildman–Crippen LogP) is 2.25. The second-order valence-corrected chi connectivity index (χ2v) is 4.80. The van der Waals surface area contributed by atoms with Crippen LogP contribution in [0, 0.1) is 5.92 Å². The van der Waals surface area contributed by atoms with Gasteiger partial charge in [0.05, 0.1) is 12.0 Å². The largest absolute Gasteiger partial charge is 0.481 e. The van der Waals surface area contributed by atoms with Crippen LogP contribution in [0.4, 0.5) is 0 Å². The van der Waals surface area contributed by atoms with E-state index in [1.807, 2.05) is 12.3 Å². The summed E-state index contributed by atoms with van der Waals surface area (Å²) in [5.41, 5.74) is 0. The second kappa shape index (κ2) is 5.96. The summed E-state index contributed by atoms with van der Waals surface area (Å²) in [5.74, 6) is -1.09. The molecule has 1 rings (SSSR count). The lowest BCUT2D eigenvalue weighted by Crippen LogP contribution is -2.33. The van der Waals surface area contributed by atoms with Gasteiger partial charge in [0, 0.05) is 18.1 Å². The Bertz CT molecular complexity index is 327. The van der Waals surface area contributed by atoms with Gasteiger partial charge >= 0.3 is 5.97 Å². The summed E-state index contributed by atoms with van der Waals surface area (Å²) in [4.78, 5) is 17.2. The first-order valence-corrected chi connectivity index (χ1v) is 6.30. The van der Waals surface area contributed by atoms with E-state index in [4.69, 9.17) is 5.11 Å². The van der Waals surface area contributed by atoms with Crippen molar-refractivity contribution in [3.63, 3.8) is 0 Å². The van der Waals surface area contributed by atoms with Gasteiger partial charge in [-0.15, -0.1) is 11.3 Å². The fourth-order valence-electron chi connectivity index (χ4n) is 1.59. The molecule has 0 amide bonds. The molecule has 90 valence electrons. The van der Waals surface area contributed by atoms with E-state index in [-0.39, 0.29) is 12.0 Å². The van der Waals surface area contributed by atoms with Crippen LogP contribution in [-0.2, 0) is 4.79 Å². The Morgan fingerprint density at radius 1 is 1.62 bits per heavy atom.